The van der Waals surface area contributed by atoms with E-state index in [1.807, 2.05) is 28.8 Å². The number of nitrogens with one attached hydrogen (secondary N) is 5. The van der Waals surface area contributed by atoms with Gasteiger partial charge in [0.25, 0.3) is 0 Å². The van der Waals surface area contributed by atoms with Gasteiger partial charge in [0.05, 0.1) is 34.1 Å². The molecular formula is C47H52F4N10O4. The molecule has 5 heterocycles. The third-order valence-corrected chi connectivity index (χ3v) is 11.1. The van der Waals surface area contributed by atoms with Crippen LogP contribution in [0.15, 0.2) is 67.6 Å². The average molecular weight is 897 g/mol. The van der Waals surface area contributed by atoms with Gasteiger partial charge in [-0.15, -0.1) is 0 Å². The van der Waals surface area contributed by atoms with Gasteiger partial charge in [0.2, 0.25) is 0 Å². The highest BCUT2D eigenvalue weighted by atomic mass is 19.1. The standard InChI is InChI=1S/C47H52F4N10O4/c1-7-60(10-8-53-19-32(18-52)28-12-34-30(22-57-46(34)55-20-28)14-36-42(48)38(62-4)16-39(63-5)43(36)49)26-65-41-17-40(64-6)44(50)37(45(41)51)15-31-23-58-47-35(31)13-29(21-56-47)33-24-59-61(25-33)11-9-54-27(2)3/h12-13,16-25,27,52-54H,7-11,14-15,26H2,1-6H3,(H,55,57)(H,56,58)/b32-19+,52-18?. The Kier molecular flexibility index (Phi) is 14.7. The summed E-state index contributed by atoms with van der Waals surface area (Å²) in [6.45, 7) is 9.00. The third kappa shape index (κ3) is 10.2. The molecule has 0 fully saturated rings. The largest absolute Gasteiger partial charge is 0.494 e. The number of methoxy groups -OCH3 is 3. The number of aromatic nitrogens is 6. The summed E-state index contributed by atoms with van der Waals surface area (Å²) >= 11 is 0. The van der Waals surface area contributed by atoms with E-state index >= 15 is 17.6 Å². The number of ether oxygens (including phenoxy) is 4. The zero-order valence-electron chi connectivity index (χ0n) is 37.0. The second kappa shape index (κ2) is 20.7. The first-order chi connectivity index (χ1) is 31.5. The summed E-state index contributed by atoms with van der Waals surface area (Å²) in [5.74, 6) is -3.89. The number of likely N-dealkylation sites (N-methyl/N-ethyl adjacent to an activating group) is 1. The van der Waals surface area contributed by atoms with Crippen LogP contribution in [0, 0.1) is 28.7 Å². The van der Waals surface area contributed by atoms with Gasteiger partial charge in [-0.3, -0.25) is 9.58 Å². The molecule has 65 heavy (non-hydrogen) atoms. The highest BCUT2D eigenvalue weighted by molar-refractivity contribution is 6.09. The molecule has 0 aliphatic heterocycles. The van der Waals surface area contributed by atoms with Crippen molar-refractivity contribution in [3.8, 4) is 34.1 Å². The number of halogens is 4. The van der Waals surface area contributed by atoms with Gasteiger partial charge in [-0.25, -0.2) is 27.5 Å². The van der Waals surface area contributed by atoms with Crippen molar-refractivity contribution in [2.75, 3.05) is 54.2 Å². The number of rotatable bonds is 22. The maximum absolute atomic E-state index is 16.2. The third-order valence-electron chi connectivity index (χ3n) is 11.1. The van der Waals surface area contributed by atoms with Crippen LogP contribution >= 0.6 is 0 Å². The van der Waals surface area contributed by atoms with Crippen LogP contribution in [0.3, 0.4) is 0 Å². The molecule has 14 nitrogen and oxygen atoms in total. The van der Waals surface area contributed by atoms with Crippen molar-refractivity contribution >= 4 is 33.9 Å². The second-order valence-corrected chi connectivity index (χ2v) is 15.6. The average Bonchev–Trinajstić information content (AvgIpc) is 4.06. The molecule has 0 saturated heterocycles. The number of H-pyrrole nitrogens is 2. The van der Waals surface area contributed by atoms with Gasteiger partial charge in [0.15, 0.2) is 46.3 Å². The Morgan fingerprint density at radius 3 is 1.95 bits per heavy atom. The summed E-state index contributed by atoms with van der Waals surface area (Å²) in [5, 5.41) is 20.5. The van der Waals surface area contributed by atoms with Crippen LogP contribution in [0.4, 0.5) is 17.6 Å². The van der Waals surface area contributed by atoms with E-state index in [0.717, 1.165) is 29.1 Å². The number of benzene rings is 2. The Labute approximate surface area is 373 Å². The maximum atomic E-state index is 16.2. The van der Waals surface area contributed by atoms with E-state index in [4.69, 9.17) is 24.4 Å². The van der Waals surface area contributed by atoms with E-state index in [2.05, 4.69) is 49.5 Å². The molecule has 0 amide bonds. The number of allylic oxidation sites excluding steroid dienone is 1. The zero-order chi connectivity index (χ0) is 46.2. The number of hydrogen-bond acceptors (Lipinski definition) is 11. The van der Waals surface area contributed by atoms with Crippen molar-refractivity contribution in [3.05, 3.63) is 119 Å². The van der Waals surface area contributed by atoms with Crippen molar-refractivity contribution in [2.24, 2.45) is 0 Å². The lowest BCUT2D eigenvalue weighted by Crippen LogP contribution is -2.33. The minimum absolute atomic E-state index is 0.0107. The molecule has 0 aliphatic rings. The molecule has 18 heteroatoms. The van der Waals surface area contributed by atoms with Gasteiger partial charge in [-0.2, -0.15) is 5.10 Å². The molecule has 0 aliphatic carbocycles. The number of aromatic amines is 2. The molecule has 7 aromatic rings. The first kappa shape index (κ1) is 46.1. The van der Waals surface area contributed by atoms with Crippen LogP contribution in [0.1, 0.15) is 48.6 Å². The lowest BCUT2D eigenvalue weighted by atomic mass is 10.0. The number of hydrogen-bond donors (Lipinski definition) is 5. The molecule has 2 aromatic carbocycles. The fraction of sp³-hybridized carbons (Fsp3) is 0.319. The summed E-state index contributed by atoms with van der Waals surface area (Å²) in [5.41, 5.74) is 4.68. The fourth-order valence-electron chi connectivity index (χ4n) is 7.44. The van der Waals surface area contributed by atoms with Crippen molar-refractivity contribution < 1.29 is 36.5 Å². The quantitative estimate of drug-likeness (QED) is 0.0195. The van der Waals surface area contributed by atoms with Crippen LogP contribution in [-0.2, 0) is 19.4 Å². The van der Waals surface area contributed by atoms with E-state index in [9.17, 15) is 0 Å². The molecular weight excluding hydrogens is 845 g/mol. The van der Waals surface area contributed by atoms with E-state index in [-0.39, 0.29) is 53.7 Å². The highest BCUT2D eigenvalue weighted by Gasteiger charge is 2.24. The topological polar surface area (TPSA) is 163 Å². The maximum Gasteiger partial charge on any atom is 0.171 e. The highest BCUT2D eigenvalue weighted by Crippen LogP contribution is 2.36. The normalized spacial score (nSPS) is 11.9. The smallest absolute Gasteiger partial charge is 0.171 e. The summed E-state index contributed by atoms with van der Waals surface area (Å²) in [4.78, 5) is 17.1. The molecule has 5 N–H and O–H groups in total. The Bertz CT molecular complexity index is 2790. The van der Waals surface area contributed by atoms with Crippen molar-refractivity contribution in [2.45, 2.75) is 46.2 Å². The first-order valence-electron chi connectivity index (χ1n) is 21.1. The Balaban J connectivity index is 1.00. The minimum atomic E-state index is -0.833. The van der Waals surface area contributed by atoms with Crippen LogP contribution in [0.5, 0.6) is 23.0 Å². The van der Waals surface area contributed by atoms with Gasteiger partial charge < -0.3 is 45.0 Å². The van der Waals surface area contributed by atoms with Crippen molar-refractivity contribution in [3.63, 3.8) is 0 Å². The Morgan fingerprint density at radius 2 is 1.37 bits per heavy atom. The molecule has 0 radical (unpaired) electrons. The molecule has 0 saturated carbocycles. The first-order valence-corrected chi connectivity index (χ1v) is 21.1. The van der Waals surface area contributed by atoms with Gasteiger partial charge in [0, 0.05) is 138 Å². The zero-order valence-corrected chi connectivity index (χ0v) is 37.0. The molecule has 342 valence electrons. The second-order valence-electron chi connectivity index (χ2n) is 15.6. The molecule has 0 bridgehead atoms. The summed E-state index contributed by atoms with van der Waals surface area (Å²) in [7, 11) is 3.91. The molecule has 0 spiro atoms. The number of nitrogens with zero attached hydrogens (tertiary/aromatic N) is 5. The van der Waals surface area contributed by atoms with E-state index in [1.165, 1.54) is 33.6 Å². The van der Waals surface area contributed by atoms with Gasteiger partial charge >= 0.3 is 0 Å². The van der Waals surface area contributed by atoms with Crippen molar-refractivity contribution in [1.82, 2.24) is 45.2 Å². The van der Waals surface area contributed by atoms with E-state index in [1.54, 1.807) is 43.3 Å². The van der Waals surface area contributed by atoms with E-state index in [0.29, 0.717) is 71.2 Å². The number of pyridine rings is 2. The van der Waals surface area contributed by atoms with Crippen LogP contribution in [0.2, 0.25) is 0 Å². The van der Waals surface area contributed by atoms with Crippen LogP contribution in [0.25, 0.3) is 38.8 Å². The van der Waals surface area contributed by atoms with Crippen LogP contribution < -0.4 is 29.6 Å². The van der Waals surface area contributed by atoms with Gasteiger partial charge in [-0.1, -0.05) is 20.8 Å². The number of fused-ring (bicyclic) bond motifs is 2. The van der Waals surface area contributed by atoms with Crippen LogP contribution in [-0.4, -0.2) is 101 Å². The predicted molar refractivity (Wildman–Crippen MR) is 242 cm³/mol. The van der Waals surface area contributed by atoms with E-state index < -0.39 is 23.3 Å². The van der Waals surface area contributed by atoms with Gasteiger partial charge in [-0.05, 0) is 29.8 Å². The lowest BCUT2D eigenvalue weighted by molar-refractivity contribution is 0.128. The molecule has 0 atom stereocenters. The monoisotopic (exact) mass is 896 g/mol. The fourth-order valence-corrected chi connectivity index (χ4v) is 7.44. The molecule has 7 rings (SSSR count). The Hall–Kier alpha value is -6.92. The van der Waals surface area contributed by atoms with Gasteiger partial charge in [0.1, 0.15) is 18.0 Å². The summed E-state index contributed by atoms with van der Waals surface area (Å²) in [6.07, 6.45) is 13.0. The minimum Gasteiger partial charge on any atom is -0.494 e. The van der Waals surface area contributed by atoms with Crippen molar-refractivity contribution in [1.29, 1.82) is 5.41 Å². The summed E-state index contributed by atoms with van der Waals surface area (Å²) in [6, 6.07) is 6.47. The Morgan fingerprint density at radius 1 is 0.785 bits per heavy atom. The lowest BCUT2D eigenvalue weighted by Gasteiger charge is -2.22. The SMILES string of the molecule is CCN(CCN/C=C(\C=N)c1cnc2[nH]cc(Cc3c(F)c(OC)cc(OC)c3F)c2c1)COc1cc(OC)c(F)c(Cc2c[nH]c3ncc(-c4cnn(CCNC(C)C)c4)cc23)c1F. The molecule has 0 unspecified atom stereocenters. The molecule has 5 aromatic heterocycles. The summed E-state index contributed by atoms with van der Waals surface area (Å²) < 4.78 is 85.8. The predicted octanol–water partition coefficient (Wildman–Crippen LogP) is 8.00.